The summed E-state index contributed by atoms with van der Waals surface area (Å²) in [6.45, 7) is 8.26. The summed E-state index contributed by atoms with van der Waals surface area (Å²) in [5.41, 5.74) is 9.12. The molecule has 0 N–H and O–H groups in total. The Morgan fingerprint density at radius 3 is 2.12 bits per heavy atom. The number of rotatable bonds is 5. The van der Waals surface area contributed by atoms with Crippen LogP contribution in [0.3, 0.4) is 0 Å². The smallest absolute Gasteiger partial charge is 0.00169 e. The molecule has 0 aliphatic rings. The molecule has 0 nitrogen and oxygen atoms in total. The minimum Gasteiger partial charge on any atom is -0.0985 e. The maximum absolute atomic E-state index is 3.84. The quantitative estimate of drug-likeness (QED) is 0.452. The predicted molar refractivity (Wildman–Crippen MR) is 110 cm³/mol. The standard InChI is InChI=1S/C25H24/c1-4-21-14-16-22(17-15-21)18-25(24-13-9-8-10-19(24)2)20(3)23-11-6-5-7-12-23/h4-17H,1,18H2,2-3H3/b25-20+. The second-order valence-electron chi connectivity index (χ2n) is 6.41. The van der Waals surface area contributed by atoms with Gasteiger partial charge in [0.15, 0.2) is 0 Å². The molecular formula is C25H24. The lowest BCUT2D eigenvalue weighted by molar-refractivity contribution is 1.26. The molecular weight excluding hydrogens is 300 g/mol. The highest BCUT2D eigenvalue weighted by Crippen LogP contribution is 2.31. The summed E-state index contributed by atoms with van der Waals surface area (Å²) >= 11 is 0. The first kappa shape index (κ1) is 17.0. The summed E-state index contributed by atoms with van der Waals surface area (Å²) in [6.07, 6.45) is 2.81. The lowest BCUT2D eigenvalue weighted by atomic mass is 9.88. The maximum atomic E-state index is 3.84. The van der Waals surface area contributed by atoms with Gasteiger partial charge in [0, 0.05) is 0 Å². The summed E-state index contributed by atoms with van der Waals surface area (Å²) in [7, 11) is 0. The van der Waals surface area contributed by atoms with E-state index in [-0.39, 0.29) is 0 Å². The number of hydrogen-bond acceptors (Lipinski definition) is 0. The normalized spacial score (nSPS) is 11.8. The van der Waals surface area contributed by atoms with Gasteiger partial charge < -0.3 is 0 Å². The van der Waals surface area contributed by atoms with Gasteiger partial charge in [-0.3, -0.25) is 0 Å². The summed E-state index contributed by atoms with van der Waals surface area (Å²) in [4.78, 5) is 0. The molecule has 0 aliphatic heterocycles. The van der Waals surface area contributed by atoms with Crippen molar-refractivity contribution in [2.45, 2.75) is 20.3 Å². The zero-order valence-electron chi connectivity index (χ0n) is 15.0. The van der Waals surface area contributed by atoms with Crippen LogP contribution in [0.1, 0.15) is 34.7 Å². The van der Waals surface area contributed by atoms with Gasteiger partial charge in [-0.15, -0.1) is 0 Å². The van der Waals surface area contributed by atoms with E-state index in [9.17, 15) is 0 Å². The van der Waals surface area contributed by atoms with Crippen LogP contribution in [0.4, 0.5) is 0 Å². The van der Waals surface area contributed by atoms with Gasteiger partial charge >= 0.3 is 0 Å². The molecule has 0 unspecified atom stereocenters. The van der Waals surface area contributed by atoms with Crippen molar-refractivity contribution in [1.82, 2.24) is 0 Å². The molecule has 124 valence electrons. The Bertz CT molecular complexity index is 881. The molecule has 0 amide bonds. The minimum absolute atomic E-state index is 0.920. The van der Waals surface area contributed by atoms with Crippen molar-refractivity contribution in [3.05, 3.63) is 113 Å². The fourth-order valence-corrected chi connectivity index (χ4v) is 3.18. The minimum atomic E-state index is 0.920. The Morgan fingerprint density at radius 1 is 0.840 bits per heavy atom. The van der Waals surface area contributed by atoms with E-state index in [2.05, 4.69) is 99.3 Å². The number of hydrogen-bond donors (Lipinski definition) is 0. The SMILES string of the molecule is C=Cc1ccc(C/C(=C(/C)c2ccccc2)c2ccccc2C)cc1. The van der Waals surface area contributed by atoms with Gasteiger partial charge in [-0.2, -0.15) is 0 Å². The molecule has 3 rings (SSSR count). The molecule has 3 aromatic carbocycles. The highest BCUT2D eigenvalue weighted by molar-refractivity contribution is 5.91. The molecule has 0 atom stereocenters. The van der Waals surface area contributed by atoms with E-state index < -0.39 is 0 Å². The molecule has 25 heavy (non-hydrogen) atoms. The molecule has 0 spiro atoms. The van der Waals surface area contributed by atoms with Crippen molar-refractivity contribution >= 4 is 17.2 Å². The average Bonchev–Trinajstić information content (AvgIpc) is 2.67. The molecule has 0 bridgehead atoms. The fourth-order valence-electron chi connectivity index (χ4n) is 3.18. The van der Waals surface area contributed by atoms with Crippen molar-refractivity contribution in [2.24, 2.45) is 0 Å². The largest absolute Gasteiger partial charge is 0.0985 e. The highest BCUT2D eigenvalue weighted by atomic mass is 14.2. The maximum Gasteiger partial charge on any atom is -0.00169 e. The third-order valence-corrected chi connectivity index (χ3v) is 4.73. The summed E-state index contributed by atoms with van der Waals surface area (Å²) in [6, 6.07) is 28.0. The lowest BCUT2D eigenvalue weighted by Gasteiger charge is -2.16. The van der Waals surface area contributed by atoms with E-state index in [1.807, 2.05) is 6.08 Å². The Balaban J connectivity index is 2.09. The molecule has 0 aliphatic carbocycles. The molecule has 0 radical (unpaired) electrons. The highest BCUT2D eigenvalue weighted by Gasteiger charge is 2.11. The third kappa shape index (κ3) is 3.97. The van der Waals surface area contributed by atoms with E-state index in [4.69, 9.17) is 0 Å². The number of aryl methyl sites for hydroxylation is 1. The van der Waals surface area contributed by atoms with Gasteiger partial charge in [0.05, 0.1) is 0 Å². The van der Waals surface area contributed by atoms with Crippen LogP contribution in [0.5, 0.6) is 0 Å². The van der Waals surface area contributed by atoms with Crippen LogP contribution >= 0.6 is 0 Å². The van der Waals surface area contributed by atoms with Crippen LogP contribution in [0, 0.1) is 6.92 Å². The van der Waals surface area contributed by atoms with E-state index in [1.54, 1.807) is 0 Å². The van der Waals surface area contributed by atoms with Crippen molar-refractivity contribution in [2.75, 3.05) is 0 Å². The first-order valence-electron chi connectivity index (χ1n) is 8.71. The van der Waals surface area contributed by atoms with E-state index >= 15 is 0 Å². The van der Waals surface area contributed by atoms with Crippen LogP contribution < -0.4 is 0 Å². The number of allylic oxidation sites excluding steroid dienone is 2. The first-order chi connectivity index (χ1) is 12.2. The van der Waals surface area contributed by atoms with E-state index in [0.29, 0.717) is 0 Å². The van der Waals surface area contributed by atoms with Gasteiger partial charge in [-0.1, -0.05) is 91.5 Å². The van der Waals surface area contributed by atoms with Gasteiger partial charge in [0.1, 0.15) is 0 Å². The second kappa shape index (κ2) is 7.81. The Labute approximate surface area is 151 Å². The van der Waals surface area contributed by atoms with Crippen LogP contribution in [0.25, 0.3) is 17.2 Å². The monoisotopic (exact) mass is 324 g/mol. The van der Waals surface area contributed by atoms with Gasteiger partial charge in [-0.05, 0) is 59.2 Å². The summed E-state index contributed by atoms with van der Waals surface area (Å²) < 4.78 is 0. The lowest BCUT2D eigenvalue weighted by Crippen LogP contribution is -1.97. The first-order valence-corrected chi connectivity index (χ1v) is 8.71. The van der Waals surface area contributed by atoms with Crippen molar-refractivity contribution in [3.8, 4) is 0 Å². The molecule has 0 fully saturated rings. The Kier molecular flexibility index (Phi) is 5.30. The van der Waals surface area contributed by atoms with Crippen molar-refractivity contribution in [1.29, 1.82) is 0 Å². The van der Waals surface area contributed by atoms with Crippen molar-refractivity contribution < 1.29 is 0 Å². The molecule has 0 heterocycles. The second-order valence-corrected chi connectivity index (χ2v) is 6.41. The molecule has 0 heteroatoms. The van der Waals surface area contributed by atoms with Crippen LogP contribution in [-0.4, -0.2) is 0 Å². The third-order valence-electron chi connectivity index (χ3n) is 4.73. The zero-order valence-corrected chi connectivity index (χ0v) is 15.0. The van der Waals surface area contributed by atoms with E-state index in [1.165, 1.54) is 33.4 Å². The Hall–Kier alpha value is -2.86. The topological polar surface area (TPSA) is 0 Å². The van der Waals surface area contributed by atoms with Gasteiger partial charge in [-0.25, -0.2) is 0 Å². The van der Waals surface area contributed by atoms with Gasteiger partial charge in [0.25, 0.3) is 0 Å². The number of benzene rings is 3. The van der Waals surface area contributed by atoms with E-state index in [0.717, 1.165) is 12.0 Å². The molecule has 0 aromatic heterocycles. The van der Waals surface area contributed by atoms with Gasteiger partial charge in [0.2, 0.25) is 0 Å². The zero-order chi connectivity index (χ0) is 17.6. The fraction of sp³-hybridized carbons (Fsp3) is 0.120. The average molecular weight is 324 g/mol. The Morgan fingerprint density at radius 2 is 1.48 bits per heavy atom. The van der Waals surface area contributed by atoms with Crippen LogP contribution in [-0.2, 0) is 6.42 Å². The molecule has 3 aromatic rings. The molecule has 0 saturated heterocycles. The van der Waals surface area contributed by atoms with Crippen LogP contribution in [0.15, 0.2) is 85.4 Å². The van der Waals surface area contributed by atoms with Crippen molar-refractivity contribution in [3.63, 3.8) is 0 Å². The summed E-state index contributed by atoms with van der Waals surface area (Å²) in [5, 5.41) is 0. The van der Waals surface area contributed by atoms with Crippen LogP contribution in [0.2, 0.25) is 0 Å². The summed E-state index contributed by atoms with van der Waals surface area (Å²) in [5.74, 6) is 0. The predicted octanol–water partition coefficient (Wildman–Crippen LogP) is 6.81. The molecule has 0 saturated carbocycles.